The summed E-state index contributed by atoms with van der Waals surface area (Å²) in [6, 6.07) is 4.31. The third-order valence-corrected chi connectivity index (χ3v) is 3.31. The number of rotatable bonds is 6. The Balaban J connectivity index is 2.86. The van der Waals surface area contributed by atoms with Crippen LogP contribution in [0.5, 0.6) is 0 Å². The van der Waals surface area contributed by atoms with Crippen molar-refractivity contribution < 1.29 is 23.1 Å². The van der Waals surface area contributed by atoms with Crippen molar-refractivity contribution in [3.8, 4) is 0 Å². The summed E-state index contributed by atoms with van der Waals surface area (Å²) in [5.41, 5.74) is -0.685. The van der Waals surface area contributed by atoms with E-state index in [-0.39, 0.29) is 18.0 Å². The molecule has 1 aromatic carbocycles. The van der Waals surface area contributed by atoms with Crippen LogP contribution in [0.3, 0.4) is 0 Å². The molecular formula is C14H18F3NO2. The zero-order valence-electron chi connectivity index (χ0n) is 11.4. The van der Waals surface area contributed by atoms with Crippen molar-refractivity contribution in [2.75, 3.05) is 0 Å². The molecule has 3 nitrogen and oxygen atoms in total. The molecule has 20 heavy (non-hydrogen) atoms. The molecular weight excluding hydrogens is 271 g/mol. The van der Waals surface area contributed by atoms with Gasteiger partial charge in [-0.1, -0.05) is 38.5 Å². The number of nitrogens with one attached hydrogen (secondary N) is 1. The fourth-order valence-corrected chi connectivity index (χ4v) is 1.94. The van der Waals surface area contributed by atoms with E-state index in [1.54, 1.807) is 6.92 Å². The van der Waals surface area contributed by atoms with Crippen LogP contribution in [0.1, 0.15) is 31.4 Å². The SMILES string of the molecule is CC[C@H](C)[C@H](NCc1ccccc1C(F)(F)F)C(=O)O. The molecule has 1 aromatic rings. The molecule has 0 bridgehead atoms. The van der Waals surface area contributed by atoms with E-state index < -0.39 is 23.8 Å². The molecule has 0 aromatic heterocycles. The summed E-state index contributed by atoms with van der Waals surface area (Å²) in [4.78, 5) is 11.1. The number of carboxylic acids is 1. The van der Waals surface area contributed by atoms with E-state index in [9.17, 15) is 18.0 Å². The van der Waals surface area contributed by atoms with Gasteiger partial charge in [0.25, 0.3) is 0 Å². The molecule has 0 heterocycles. The number of carbonyl (C=O) groups is 1. The van der Waals surface area contributed by atoms with Gasteiger partial charge in [-0.05, 0) is 17.5 Å². The molecule has 2 N–H and O–H groups in total. The molecule has 0 amide bonds. The maximum Gasteiger partial charge on any atom is 0.416 e. The summed E-state index contributed by atoms with van der Waals surface area (Å²) in [7, 11) is 0. The molecule has 0 saturated carbocycles. The lowest BCUT2D eigenvalue weighted by atomic mass is 9.98. The lowest BCUT2D eigenvalue weighted by Gasteiger charge is -2.21. The summed E-state index contributed by atoms with van der Waals surface area (Å²) in [5.74, 6) is -1.21. The third kappa shape index (κ3) is 4.23. The Morgan fingerprint density at radius 3 is 2.45 bits per heavy atom. The normalized spacial score (nSPS) is 14.8. The minimum Gasteiger partial charge on any atom is -0.480 e. The van der Waals surface area contributed by atoms with Gasteiger partial charge in [0.2, 0.25) is 0 Å². The number of carboxylic acid groups (broad SMARTS) is 1. The predicted octanol–water partition coefficient (Wildman–Crippen LogP) is 3.29. The Morgan fingerprint density at radius 1 is 1.35 bits per heavy atom. The van der Waals surface area contributed by atoms with E-state index in [4.69, 9.17) is 5.11 Å². The summed E-state index contributed by atoms with van der Waals surface area (Å²) in [6.45, 7) is 3.46. The van der Waals surface area contributed by atoms with Gasteiger partial charge >= 0.3 is 12.1 Å². The zero-order valence-corrected chi connectivity index (χ0v) is 11.4. The number of halogens is 3. The number of alkyl halides is 3. The molecule has 0 fully saturated rings. The summed E-state index contributed by atoms with van der Waals surface area (Å²) < 4.78 is 38.4. The van der Waals surface area contributed by atoms with Crippen LogP contribution in [0.2, 0.25) is 0 Å². The monoisotopic (exact) mass is 289 g/mol. The molecule has 0 radical (unpaired) electrons. The van der Waals surface area contributed by atoms with Crippen molar-refractivity contribution in [3.63, 3.8) is 0 Å². The first-order valence-electron chi connectivity index (χ1n) is 6.38. The van der Waals surface area contributed by atoms with E-state index in [0.29, 0.717) is 6.42 Å². The van der Waals surface area contributed by atoms with Crippen LogP contribution in [0.25, 0.3) is 0 Å². The Bertz CT molecular complexity index is 460. The van der Waals surface area contributed by atoms with Crippen LogP contribution < -0.4 is 5.32 Å². The Morgan fingerprint density at radius 2 is 1.95 bits per heavy atom. The summed E-state index contributed by atoms with van der Waals surface area (Å²) in [5, 5.41) is 11.8. The average Bonchev–Trinajstić information content (AvgIpc) is 2.37. The molecule has 0 unspecified atom stereocenters. The van der Waals surface area contributed by atoms with Crippen LogP contribution in [-0.2, 0) is 17.5 Å². The van der Waals surface area contributed by atoms with Gasteiger partial charge < -0.3 is 10.4 Å². The molecule has 0 aliphatic heterocycles. The van der Waals surface area contributed by atoms with E-state index in [1.165, 1.54) is 18.2 Å². The van der Waals surface area contributed by atoms with Gasteiger partial charge in [-0.2, -0.15) is 13.2 Å². The van der Waals surface area contributed by atoms with Crippen molar-refractivity contribution in [2.45, 2.75) is 39.0 Å². The van der Waals surface area contributed by atoms with Crippen LogP contribution in [0.4, 0.5) is 13.2 Å². The third-order valence-electron chi connectivity index (χ3n) is 3.31. The number of aliphatic carboxylic acids is 1. The van der Waals surface area contributed by atoms with Gasteiger partial charge in [0, 0.05) is 6.54 Å². The second kappa shape index (κ2) is 6.74. The minimum absolute atomic E-state index is 0.0505. The lowest BCUT2D eigenvalue weighted by molar-refractivity contribution is -0.140. The quantitative estimate of drug-likeness (QED) is 0.845. The van der Waals surface area contributed by atoms with Crippen molar-refractivity contribution in [1.82, 2.24) is 5.32 Å². The van der Waals surface area contributed by atoms with Gasteiger partial charge in [0.05, 0.1) is 5.56 Å². The maximum atomic E-state index is 12.8. The highest BCUT2D eigenvalue weighted by Gasteiger charge is 2.33. The molecule has 112 valence electrons. The van der Waals surface area contributed by atoms with Crippen molar-refractivity contribution >= 4 is 5.97 Å². The fourth-order valence-electron chi connectivity index (χ4n) is 1.94. The Hall–Kier alpha value is -1.56. The van der Waals surface area contributed by atoms with E-state index in [2.05, 4.69) is 5.32 Å². The largest absolute Gasteiger partial charge is 0.480 e. The van der Waals surface area contributed by atoms with Crippen LogP contribution in [0.15, 0.2) is 24.3 Å². The highest BCUT2D eigenvalue weighted by Crippen LogP contribution is 2.31. The van der Waals surface area contributed by atoms with Crippen LogP contribution in [-0.4, -0.2) is 17.1 Å². The van der Waals surface area contributed by atoms with Crippen LogP contribution in [0, 0.1) is 5.92 Å². The number of benzene rings is 1. The first kappa shape index (κ1) is 16.5. The first-order valence-corrected chi connectivity index (χ1v) is 6.38. The van der Waals surface area contributed by atoms with Gasteiger partial charge in [-0.15, -0.1) is 0 Å². The Kier molecular flexibility index (Phi) is 5.56. The molecule has 1 rings (SSSR count). The van der Waals surface area contributed by atoms with Crippen molar-refractivity contribution in [1.29, 1.82) is 0 Å². The summed E-state index contributed by atoms with van der Waals surface area (Å²) >= 11 is 0. The van der Waals surface area contributed by atoms with Gasteiger partial charge in [-0.25, -0.2) is 0 Å². The fraction of sp³-hybridized carbons (Fsp3) is 0.500. The molecule has 0 spiro atoms. The Labute approximate surface area is 115 Å². The minimum atomic E-state index is -4.44. The molecule has 0 aliphatic carbocycles. The second-order valence-electron chi connectivity index (χ2n) is 4.74. The van der Waals surface area contributed by atoms with Gasteiger partial charge in [0.15, 0.2) is 0 Å². The maximum absolute atomic E-state index is 12.8. The topological polar surface area (TPSA) is 49.3 Å². The van der Waals surface area contributed by atoms with Crippen molar-refractivity contribution in [2.24, 2.45) is 5.92 Å². The molecule has 0 saturated heterocycles. The molecule has 6 heteroatoms. The molecule has 2 atom stereocenters. The van der Waals surface area contributed by atoms with Gasteiger partial charge in [0.1, 0.15) is 6.04 Å². The van der Waals surface area contributed by atoms with Crippen LogP contribution >= 0.6 is 0 Å². The number of hydrogen-bond donors (Lipinski definition) is 2. The smallest absolute Gasteiger partial charge is 0.416 e. The average molecular weight is 289 g/mol. The standard InChI is InChI=1S/C14H18F3NO2/c1-3-9(2)12(13(19)20)18-8-10-6-4-5-7-11(10)14(15,16)17/h4-7,9,12,18H,3,8H2,1-2H3,(H,19,20)/t9-,12-/m0/s1. The van der Waals surface area contributed by atoms with Gasteiger partial charge in [-0.3, -0.25) is 4.79 Å². The lowest BCUT2D eigenvalue weighted by Crippen LogP contribution is -2.41. The highest BCUT2D eigenvalue weighted by atomic mass is 19.4. The van der Waals surface area contributed by atoms with E-state index in [0.717, 1.165) is 6.07 Å². The zero-order chi connectivity index (χ0) is 15.3. The number of hydrogen-bond acceptors (Lipinski definition) is 2. The first-order chi connectivity index (χ1) is 9.27. The predicted molar refractivity (Wildman–Crippen MR) is 69.2 cm³/mol. The summed E-state index contributed by atoms with van der Waals surface area (Å²) in [6.07, 6.45) is -3.81. The molecule has 0 aliphatic rings. The van der Waals surface area contributed by atoms with E-state index >= 15 is 0 Å². The highest BCUT2D eigenvalue weighted by molar-refractivity contribution is 5.73. The van der Waals surface area contributed by atoms with Crippen molar-refractivity contribution in [3.05, 3.63) is 35.4 Å². The van der Waals surface area contributed by atoms with E-state index in [1.807, 2.05) is 6.92 Å². The second-order valence-corrected chi connectivity index (χ2v) is 4.74.